The lowest BCUT2D eigenvalue weighted by Crippen LogP contribution is -2.42. The predicted octanol–water partition coefficient (Wildman–Crippen LogP) is -0.0726. The summed E-state index contributed by atoms with van der Waals surface area (Å²) >= 11 is 0. The Morgan fingerprint density at radius 3 is 3.10 bits per heavy atom. The maximum absolute atomic E-state index is 8.47. The topological polar surface area (TPSA) is 51.5 Å². The molecular formula is C5H8N4O. The Hall–Kier alpha value is -1.41. The zero-order chi connectivity index (χ0) is 7.40. The van der Waals surface area contributed by atoms with Crippen molar-refractivity contribution in [1.29, 1.82) is 5.26 Å². The molecule has 1 aliphatic rings. The quantitative estimate of drug-likeness (QED) is 0.429. The van der Waals surface area contributed by atoms with Gasteiger partial charge in [-0.05, 0) is 6.92 Å². The second kappa shape index (κ2) is 2.94. The van der Waals surface area contributed by atoms with Crippen molar-refractivity contribution in [3.05, 3.63) is 12.5 Å². The van der Waals surface area contributed by atoms with Crippen LogP contribution in [-0.2, 0) is 4.84 Å². The minimum atomic E-state index is 0.575. The molecule has 5 nitrogen and oxygen atoms in total. The van der Waals surface area contributed by atoms with Crippen LogP contribution in [0, 0.1) is 11.5 Å². The van der Waals surface area contributed by atoms with E-state index in [9.17, 15) is 0 Å². The van der Waals surface area contributed by atoms with E-state index in [-0.39, 0.29) is 0 Å². The third-order valence-electron chi connectivity index (χ3n) is 1.05. The summed E-state index contributed by atoms with van der Waals surface area (Å²) in [7, 11) is 0. The lowest BCUT2D eigenvalue weighted by molar-refractivity contribution is -0.235. The first-order valence-electron chi connectivity index (χ1n) is 2.93. The Morgan fingerprint density at radius 1 is 1.90 bits per heavy atom. The van der Waals surface area contributed by atoms with Crippen LogP contribution in [0.25, 0.3) is 0 Å². The van der Waals surface area contributed by atoms with Crippen LogP contribution in [-0.4, -0.2) is 16.8 Å². The monoisotopic (exact) mass is 140 g/mol. The second-order valence-corrected chi connectivity index (χ2v) is 1.63. The minimum absolute atomic E-state index is 0.575. The van der Waals surface area contributed by atoms with Gasteiger partial charge in [-0.25, -0.2) is 0 Å². The summed E-state index contributed by atoms with van der Waals surface area (Å²) in [6.45, 7) is 2.43. The van der Waals surface area contributed by atoms with E-state index in [1.807, 2.05) is 13.1 Å². The maximum atomic E-state index is 8.47. The van der Waals surface area contributed by atoms with E-state index in [0.29, 0.717) is 6.54 Å². The van der Waals surface area contributed by atoms with Gasteiger partial charge in [0.25, 0.3) is 0 Å². The van der Waals surface area contributed by atoms with Gasteiger partial charge in [0.05, 0.1) is 11.5 Å². The molecule has 0 aromatic heterocycles. The Labute approximate surface area is 59.0 Å². The van der Waals surface area contributed by atoms with Gasteiger partial charge < -0.3 is 4.84 Å². The third kappa shape index (κ3) is 1.11. The van der Waals surface area contributed by atoms with Crippen molar-refractivity contribution in [2.24, 2.45) is 0 Å². The number of nitrogens with one attached hydrogen (secondary N) is 1. The SMILES string of the molecule is CCN(C#N)N1NC=CO1. The van der Waals surface area contributed by atoms with Gasteiger partial charge in [-0.15, -0.1) is 0 Å². The molecule has 0 amide bonds. The van der Waals surface area contributed by atoms with Crippen molar-refractivity contribution in [1.82, 2.24) is 15.7 Å². The lowest BCUT2D eigenvalue weighted by atomic mass is 10.7. The molecule has 1 rings (SSSR count). The molecule has 1 heterocycles. The summed E-state index contributed by atoms with van der Waals surface area (Å²) in [5.41, 5.74) is 2.69. The van der Waals surface area contributed by atoms with Crippen LogP contribution in [0.1, 0.15) is 6.92 Å². The van der Waals surface area contributed by atoms with Crippen LogP contribution in [0.2, 0.25) is 0 Å². The molecule has 1 aliphatic heterocycles. The molecule has 0 saturated carbocycles. The van der Waals surface area contributed by atoms with E-state index in [2.05, 4.69) is 5.43 Å². The molecule has 54 valence electrons. The zero-order valence-electron chi connectivity index (χ0n) is 5.61. The highest BCUT2D eigenvalue weighted by Gasteiger charge is 2.13. The molecule has 0 atom stereocenters. The Bertz CT molecular complexity index is 165. The number of hydrogen-bond donors (Lipinski definition) is 1. The third-order valence-corrected chi connectivity index (χ3v) is 1.05. The predicted molar refractivity (Wildman–Crippen MR) is 33.2 cm³/mol. The highest BCUT2D eigenvalue weighted by molar-refractivity contribution is 4.75. The average Bonchev–Trinajstić information content (AvgIpc) is 2.43. The average molecular weight is 140 g/mol. The highest BCUT2D eigenvalue weighted by Crippen LogP contribution is 1.98. The number of nitriles is 1. The van der Waals surface area contributed by atoms with E-state index in [0.717, 1.165) is 0 Å². The second-order valence-electron chi connectivity index (χ2n) is 1.63. The molecule has 0 saturated heterocycles. The Balaban J connectivity index is 2.41. The summed E-state index contributed by atoms with van der Waals surface area (Å²) in [6.07, 6.45) is 4.98. The van der Waals surface area contributed by atoms with Gasteiger partial charge in [-0.2, -0.15) is 10.3 Å². The molecule has 1 N–H and O–H groups in total. The van der Waals surface area contributed by atoms with Crippen molar-refractivity contribution >= 4 is 0 Å². The molecule has 0 fully saturated rings. The lowest BCUT2D eigenvalue weighted by Gasteiger charge is -2.21. The molecule has 5 heteroatoms. The fraction of sp³-hybridized carbons (Fsp3) is 0.400. The smallest absolute Gasteiger partial charge is 0.199 e. The standard InChI is InChI=1S/C5H8N4O/c1-2-8(5-6)9-7-3-4-10-9/h3-4,7H,2H2,1H3. The summed E-state index contributed by atoms with van der Waals surface area (Å²) in [5.74, 6) is 0. The van der Waals surface area contributed by atoms with Gasteiger partial charge in [0, 0.05) is 6.54 Å². The van der Waals surface area contributed by atoms with Crippen LogP contribution in [0.3, 0.4) is 0 Å². The van der Waals surface area contributed by atoms with Gasteiger partial charge in [0.2, 0.25) is 0 Å². The van der Waals surface area contributed by atoms with Gasteiger partial charge in [0.15, 0.2) is 6.19 Å². The van der Waals surface area contributed by atoms with Crippen LogP contribution < -0.4 is 5.43 Å². The molecule has 0 aromatic carbocycles. The first kappa shape index (κ1) is 6.71. The Kier molecular flexibility index (Phi) is 1.97. The van der Waals surface area contributed by atoms with E-state index >= 15 is 0 Å². The van der Waals surface area contributed by atoms with E-state index in [1.165, 1.54) is 16.6 Å². The van der Waals surface area contributed by atoms with E-state index in [4.69, 9.17) is 10.1 Å². The summed E-state index contributed by atoms with van der Waals surface area (Å²) in [5, 5.41) is 11.1. The van der Waals surface area contributed by atoms with E-state index < -0.39 is 0 Å². The molecule has 0 spiro atoms. The van der Waals surface area contributed by atoms with Crippen LogP contribution in [0.4, 0.5) is 0 Å². The highest BCUT2D eigenvalue weighted by atomic mass is 16.8. The molecule has 10 heavy (non-hydrogen) atoms. The van der Waals surface area contributed by atoms with Crippen molar-refractivity contribution in [3.8, 4) is 6.19 Å². The molecular weight excluding hydrogens is 132 g/mol. The van der Waals surface area contributed by atoms with Crippen LogP contribution in [0.5, 0.6) is 0 Å². The fourth-order valence-electron chi connectivity index (χ4n) is 0.579. The summed E-state index contributed by atoms with van der Waals surface area (Å²) < 4.78 is 0. The molecule has 0 aromatic rings. The zero-order valence-corrected chi connectivity index (χ0v) is 5.61. The first-order valence-corrected chi connectivity index (χ1v) is 2.93. The fourth-order valence-corrected chi connectivity index (χ4v) is 0.579. The molecule has 0 unspecified atom stereocenters. The Morgan fingerprint density at radius 2 is 2.70 bits per heavy atom. The van der Waals surface area contributed by atoms with Crippen molar-refractivity contribution in [3.63, 3.8) is 0 Å². The van der Waals surface area contributed by atoms with Gasteiger partial charge >= 0.3 is 0 Å². The number of hydrazine groups is 2. The van der Waals surface area contributed by atoms with Gasteiger partial charge in [-0.3, -0.25) is 5.43 Å². The molecule has 0 radical (unpaired) electrons. The number of hydrogen-bond acceptors (Lipinski definition) is 5. The minimum Gasteiger partial charge on any atom is -0.373 e. The van der Waals surface area contributed by atoms with Crippen LogP contribution in [0.15, 0.2) is 12.5 Å². The summed E-state index contributed by atoms with van der Waals surface area (Å²) in [4.78, 5) is 4.84. The molecule has 0 bridgehead atoms. The van der Waals surface area contributed by atoms with Gasteiger partial charge in [-0.1, -0.05) is 0 Å². The van der Waals surface area contributed by atoms with Crippen molar-refractivity contribution in [2.45, 2.75) is 6.92 Å². The van der Waals surface area contributed by atoms with Crippen molar-refractivity contribution < 1.29 is 4.84 Å². The summed E-state index contributed by atoms with van der Waals surface area (Å²) in [6, 6.07) is 0. The number of nitrogens with zero attached hydrogens (tertiary/aromatic N) is 3. The normalized spacial score (nSPS) is 15.6. The largest absolute Gasteiger partial charge is 0.373 e. The number of rotatable bonds is 2. The first-order chi connectivity index (χ1) is 4.88. The van der Waals surface area contributed by atoms with Gasteiger partial charge in [0.1, 0.15) is 6.26 Å². The maximum Gasteiger partial charge on any atom is 0.199 e. The van der Waals surface area contributed by atoms with Crippen molar-refractivity contribution in [2.75, 3.05) is 6.54 Å². The molecule has 0 aliphatic carbocycles. The van der Waals surface area contributed by atoms with Crippen LogP contribution >= 0.6 is 0 Å². The van der Waals surface area contributed by atoms with E-state index in [1.54, 1.807) is 6.20 Å².